The van der Waals surface area contributed by atoms with E-state index < -0.39 is 0 Å². The van der Waals surface area contributed by atoms with Gasteiger partial charge in [0.2, 0.25) is 0 Å². The topological polar surface area (TPSA) is 106 Å². The van der Waals surface area contributed by atoms with Crippen LogP contribution in [0.3, 0.4) is 0 Å². The summed E-state index contributed by atoms with van der Waals surface area (Å²) < 4.78 is 1.66. The predicted molar refractivity (Wildman–Crippen MR) is 90.4 cm³/mol. The lowest BCUT2D eigenvalue weighted by molar-refractivity contribution is 0.458. The van der Waals surface area contributed by atoms with Gasteiger partial charge in [-0.15, -0.1) is 17.4 Å². The minimum Gasteiger partial charge on any atom is -0.303 e. The molecule has 9 nitrogen and oxygen atoms in total. The molecule has 0 aromatic carbocycles. The van der Waals surface area contributed by atoms with Crippen LogP contribution in [-0.2, 0) is 7.05 Å². The Morgan fingerprint density at radius 1 is 1.24 bits per heavy atom. The molecule has 1 aliphatic rings. The zero-order valence-corrected chi connectivity index (χ0v) is 14.6. The molecule has 2 aromatic heterocycles. The molecule has 130 valence electrons. The highest BCUT2D eigenvalue weighted by atomic mass is 15.5. The number of aryl methyl sites for hydroxylation is 3. The third kappa shape index (κ3) is 3.85. The van der Waals surface area contributed by atoms with Gasteiger partial charge in [0.05, 0.1) is 17.4 Å². The molecule has 0 spiro atoms. The van der Waals surface area contributed by atoms with Crippen molar-refractivity contribution in [1.82, 2.24) is 35.7 Å². The number of rotatable bonds is 8. The third-order valence-corrected chi connectivity index (χ3v) is 4.29. The highest BCUT2D eigenvalue weighted by Gasteiger charge is 2.38. The molecule has 0 saturated carbocycles. The van der Waals surface area contributed by atoms with Gasteiger partial charge in [0.1, 0.15) is 0 Å². The summed E-state index contributed by atoms with van der Waals surface area (Å²) in [6.45, 7) is 4.55. The summed E-state index contributed by atoms with van der Waals surface area (Å²) in [6.07, 6.45) is 7.59. The van der Waals surface area contributed by atoms with Gasteiger partial charge in [-0.25, -0.2) is 4.68 Å². The van der Waals surface area contributed by atoms with E-state index in [4.69, 9.17) is 6.42 Å². The van der Waals surface area contributed by atoms with Gasteiger partial charge in [0, 0.05) is 38.4 Å². The summed E-state index contributed by atoms with van der Waals surface area (Å²) >= 11 is 0. The first kappa shape index (κ1) is 17.1. The minimum atomic E-state index is -0.316. The van der Waals surface area contributed by atoms with Gasteiger partial charge in [-0.1, -0.05) is 0 Å². The van der Waals surface area contributed by atoms with Crippen LogP contribution in [0.15, 0.2) is 16.3 Å². The predicted octanol–water partition coefficient (Wildman–Crippen LogP) is 1.26. The third-order valence-electron chi connectivity index (χ3n) is 4.29. The standard InChI is InChI=1S/C16H21N9/c1-5-6-7-16(21-22-16)8-9-17-14(15-20-23-24-25(15)4)13-10-11(2)18-19-12(13)3/h1,10,14,17H,6-9H2,2-4H3. The minimum absolute atomic E-state index is 0.183. The molecule has 0 amide bonds. The second-order valence-electron chi connectivity index (χ2n) is 6.21. The zero-order valence-electron chi connectivity index (χ0n) is 14.6. The van der Waals surface area contributed by atoms with Crippen LogP contribution in [0.1, 0.15) is 48.1 Å². The Kier molecular flexibility index (Phi) is 4.81. The van der Waals surface area contributed by atoms with Gasteiger partial charge < -0.3 is 5.32 Å². The van der Waals surface area contributed by atoms with Crippen LogP contribution < -0.4 is 5.32 Å². The number of aromatic nitrogens is 6. The van der Waals surface area contributed by atoms with Gasteiger partial charge in [0.25, 0.3) is 0 Å². The molecular formula is C16H21N9. The van der Waals surface area contributed by atoms with Crippen molar-refractivity contribution < 1.29 is 0 Å². The normalized spacial score (nSPS) is 15.8. The monoisotopic (exact) mass is 339 g/mol. The molecule has 1 N–H and O–H groups in total. The van der Waals surface area contributed by atoms with E-state index in [-0.39, 0.29) is 11.7 Å². The SMILES string of the molecule is C#CCCC1(CCNC(c2cc(C)nnc2C)c2nnnn2C)N=N1. The molecule has 0 saturated heterocycles. The van der Waals surface area contributed by atoms with E-state index in [1.807, 2.05) is 27.0 Å². The fourth-order valence-electron chi connectivity index (χ4n) is 2.77. The Morgan fingerprint density at radius 2 is 2.04 bits per heavy atom. The largest absolute Gasteiger partial charge is 0.303 e. The number of tetrazole rings is 1. The van der Waals surface area contributed by atoms with Gasteiger partial charge in [-0.2, -0.15) is 20.4 Å². The Labute approximate surface area is 146 Å². The van der Waals surface area contributed by atoms with E-state index in [0.29, 0.717) is 13.0 Å². The van der Waals surface area contributed by atoms with Crippen molar-refractivity contribution in [2.24, 2.45) is 17.3 Å². The fraction of sp³-hybridized carbons (Fsp3) is 0.562. The number of hydrogen-bond acceptors (Lipinski definition) is 8. The Bertz CT molecular complexity index is 811. The summed E-state index contributed by atoms with van der Waals surface area (Å²) in [4.78, 5) is 0. The van der Waals surface area contributed by atoms with Crippen molar-refractivity contribution >= 4 is 0 Å². The maximum atomic E-state index is 5.34. The second-order valence-corrected chi connectivity index (χ2v) is 6.21. The van der Waals surface area contributed by atoms with Crippen molar-refractivity contribution in [3.8, 4) is 12.3 Å². The molecule has 0 aliphatic carbocycles. The molecule has 2 aromatic rings. The maximum absolute atomic E-state index is 5.34. The molecule has 1 aliphatic heterocycles. The van der Waals surface area contributed by atoms with E-state index in [0.717, 1.165) is 35.6 Å². The molecule has 3 heterocycles. The molecule has 1 atom stereocenters. The van der Waals surface area contributed by atoms with Crippen LogP contribution in [0.25, 0.3) is 0 Å². The van der Waals surface area contributed by atoms with E-state index in [1.54, 1.807) is 4.68 Å². The number of terminal acetylenes is 1. The summed E-state index contributed by atoms with van der Waals surface area (Å²) in [5.41, 5.74) is 2.38. The first-order valence-corrected chi connectivity index (χ1v) is 8.19. The van der Waals surface area contributed by atoms with Crippen LogP contribution in [-0.4, -0.2) is 42.6 Å². The molecular weight excluding hydrogens is 318 g/mol. The van der Waals surface area contributed by atoms with E-state index in [1.165, 1.54) is 0 Å². The number of nitrogens with zero attached hydrogens (tertiary/aromatic N) is 8. The fourth-order valence-corrected chi connectivity index (χ4v) is 2.77. The van der Waals surface area contributed by atoms with Crippen molar-refractivity contribution in [2.75, 3.05) is 6.54 Å². The van der Waals surface area contributed by atoms with Crippen LogP contribution in [0, 0.1) is 26.2 Å². The Hall–Kier alpha value is -2.73. The lowest BCUT2D eigenvalue weighted by Crippen LogP contribution is -2.30. The van der Waals surface area contributed by atoms with Crippen molar-refractivity contribution in [3.63, 3.8) is 0 Å². The maximum Gasteiger partial charge on any atom is 0.193 e. The van der Waals surface area contributed by atoms with Crippen molar-refractivity contribution in [2.45, 2.75) is 44.8 Å². The second kappa shape index (κ2) is 7.03. The molecule has 9 heteroatoms. The van der Waals surface area contributed by atoms with Crippen molar-refractivity contribution in [1.29, 1.82) is 0 Å². The zero-order chi connectivity index (χ0) is 17.9. The Morgan fingerprint density at radius 3 is 2.68 bits per heavy atom. The van der Waals surface area contributed by atoms with Gasteiger partial charge in [-0.05, 0) is 30.3 Å². The summed E-state index contributed by atoms with van der Waals surface area (Å²) in [7, 11) is 1.82. The average molecular weight is 339 g/mol. The van der Waals surface area contributed by atoms with Gasteiger partial charge in [-0.3, -0.25) is 0 Å². The Balaban J connectivity index is 1.75. The smallest absolute Gasteiger partial charge is 0.193 e. The summed E-state index contributed by atoms with van der Waals surface area (Å²) in [6, 6.07) is 1.83. The van der Waals surface area contributed by atoms with Crippen LogP contribution in [0.5, 0.6) is 0 Å². The highest BCUT2D eigenvalue weighted by Crippen LogP contribution is 2.36. The van der Waals surface area contributed by atoms with Crippen LogP contribution in [0.2, 0.25) is 0 Å². The molecule has 0 fully saturated rings. The van der Waals surface area contributed by atoms with Crippen LogP contribution >= 0.6 is 0 Å². The molecule has 3 rings (SSSR count). The first-order chi connectivity index (χ1) is 12.0. The average Bonchev–Trinajstić information content (AvgIpc) is 3.25. The van der Waals surface area contributed by atoms with Crippen molar-refractivity contribution in [3.05, 3.63) is 28.8 Å². The molecule has 1 unspecified atom stereocenters. The lowest BCUT2D eigenvalue weighted by Gasteiger charge is -2.20. The molecule has 25 heavy (non-hydrogen) atoms. The van der Waals surface area contributed by atoms with Gasteiger partial charge >= 0.3 is 0 Å². The quantitative estimate of drug-likeness (QED) is 0.726. The first-order valence-electron chi connectivity index (χ1n) is 8.19. The van der Waals surface area contributed by atoms with E-state index >= 15 is 0 Å². The highest BCUT2D eigenvalue weighted by molar-refractivity contribution is 5.28. The van der Waals surface area contributed by atoms with E-state index in [9.17, 15) is 0 Å². The molecule has 0 bridgehead atoms. The summed E-state index contributed by atoms with van der Waals surface area (Å²) in [5.74, 6) is 3.37. The lowest BCUT2D eigenvalue weighted by atomic mass is 10.0. The molecule has 0 radical (unpaired) electrons. The van der Waals surface area contributed by atoms with E-state index in [2.05, 4.69) is 47.2 Å². The van der Waals surface area contributed by atoms with Gasteiger partial charge in [0.15, 0.2) is 11.5 Å². The van der Waals surface area contributed by atoms with Crippen LogP contribution in [0.4, 0.5) is 0 Å². The number of hydrogen-bond donors (Lipinski definition) is 1. The number of nitrogens with one attached hydrogen (secondary N) is 1. The summed E-state index contributed by atoms with van der Waals surface area (Å²) in [5, 5.41) is 32.1.